The zero-order valence-corrected chi connectivity index (χ0v) is 11.6. The van der Waals surface area contributed by atoms with Crippen LogP contribution in [-0.4, -0.2) is 34.6 Å². The first-order chi connectivity index (χ1) is 8.74. The topological polar surface area (TPSA) is 46.1 Å². The van der Waals surface area contributed by atoms with Gasteiger partial charge in [0.05, 0.1) is 5.75 Å². The highest BCUT2D eigenvalue weighted by Crippen LogP contribution is 2.19. The fourth-order valence-corrected chi connectivity index (χ4v) is 3.13. The lowest BCUT2D eigenvalue weighted by Crippen LogP contribution is -2.31. The molecule has 0 saturated carbocycles. The molecule has 0 atom stereocenters. The first-order valence-corrected chi connectivity index (χ1v) is 7.49. The van der Waals surface area contributed by atoms with Crippen molar-refractivity contribution in [3.63, 3.8) is 0 Å². The Kier molecular flexibility index (Phi) is 5.13. The van der Waals surface area contributed by atoms with Crippen LogP contribution in [0.4, 0.5) is 0 Å². The molecular formula is C13H21N3OS. The summed E-state index contributed by atoms with van der Waals surface area (Å²) in [5.74, 6) is 0.722. The van der Waals surface area contributed by atoms with Gasteiger partial charge in [-0.3, -0.25) is 4.79 Å². The van der Waals surface area contributed by atoms with Crippen LogP contribution < -0.4 is 10.6 Å². The minimum absolute atomic E-state index is 0.141. The summed E-state index contributed by atoms with van der Waals surface area (Å²) in [5, 5.41) is 6.95. The van der Waals surface area contributed by atoms with Crippen LogP contribution in [0.25, 0.3) is 0 Å². The third-order valence-corrected chi connectivity index (χ3v) is 4.49. The van der Waals surface area contributed by atoms with Gasteiger partial charge in [0.25, 0.3) is 0 Å². The average molecular weight is 267 g/mol. The van der Waals surface area contributed by atoms with E-state index in [1.54, 1.807) is 11.8 Å². The molecule has 5 heteroatoms. The van der Waals surface area contributed by atoms with E-state index < -0.39 is 0 Å². The number of aromatic nitrogens is 1. The second-order valence-corrected chi connectivity index (χ2v) is 6.01. The maximum Gasteiger partial charge on any atom is 0.230 e. The number of amides is 1. The van der Waals surface area contributed by atoms with E-state index in [4.69, 9.17) is 0 Å². The maximum atomic E-state index is 11.7. The van der Waals surface area contributed by atoms with Crippen molar-refractivity contribution in [2.45, 2.75) is 24.6 Å². The van der Waals surface area contributed by atoms with E-state index in [1.165, 1.54) is 12.8 Å². The van der Waals surface area contributed by atoms with Crippen molar-refractivity contribution in [2.75, 3.05) is 18.8 Å². The number of carbonyl (C=O) groups excluding carboxylic acids is 1. The molecule has 2 heterocycles. The Hall–Kier alpha value is -0.940. The highest BCUT2D eigenvalue weighted by Gasteiger charge is 2.14. The molecule has 1 aromatic rings. The van der Waals surface area contributed by atoms with Gasteiger partial charge in [-0.05, 0) is 37.6 Å². The fourth-order valence-electron chi connectivity index (χ4n) is 2.07. The van der Waals surface area contributed by atoms with Crippen molar-refractivity contribution in [1.82, 2.24) is 15.2 Å². The molecule has 0 unspecified atom stereocenters. The van der Waals surface area contributed by atoms with E-state index in [0.29, 0.717) is 17.5 Å². The summed E-state index contributed by atoms with van der Waals surface area (Å²) >= 11 is 1.79. The minimum Gasteiger partial charge on any atom is -0.357 e. The van der Waals surface area contributed by atoms with Crippen LogP contribution >= 0.6 is 11.8 Å². The Morgan fingerprint density at radius 2 is 2.33 bits per heavy atom. The van der Waals surface area contributed by atoms with Crippen molar-refractivity contribution in [3.05, 3.63) is 24.0 Å². The predicted octanol–water partition coefficient (Wildman–Crippen LogP) is 1.13. The molecule has 1 aliphatic rings. The summed E-state index contributed by atoms with van der Waals surface area (Å²) in [6.45, 7) is 2.80. The summed E-state index contributed by atoms with van der Waals surface area (Å²) in [7, 11) is 1.98. The normalized spacial score (nSPS) is 16.7. The van der Waals surface area contributed by atoms with Gasteiger partial charge in [-0.15, -0.1) is 11.8 Å². The summed E-state index contributed by atoms with van der Waals surface area (Å²) in [5.41, 5.74) is 1.15. The van der Waals surface area contributed by atoms with Crippen molar-refractivity contribution >= 4 is 17.7 Å². The Bertz CT molecular complexity index is 385. The predicted molar refractivity (Wildman–Crippen MR) is 75.6 cm³/mol. The third-order valence-electron chi connectivity index (χ3n) is 3.12. The van der Waals surface area contributed by atoms with E-state index in [2.05, 4.69) is 10.6 Å². The number of thioether (sulfide) groups is 1. The van der Waals surface area contributed by atoms with Gasteiger partial charge in [-0.2, -0.15) is 0 Å². The lowest BCUT2D eigenvalue weighted by atomic mass is 10.2. The molecule has 0 aliphatic carbocycles. The fraction of sp³-hybridized carbons (Fsp3) is 0.615. The molecule has 0 spiro atoms. The molecule has 1 fully saturated rings. The molecule has 1 aliphatic heterocycles. The van der Waals surface area contributed by atoms with E-state index in [9.17, 15) is 4.79 Å². The first-order valence-electron chi connectivity index (χ1n) is 6.44. The molecule has 0 radical (unpaired) electrons. The quantitative estimate of drug-likeness (QED) is 0.840. The smallest absolute Gasteiger partial charge is 0.230 e. The Morgan fingerprint density at radius 1 is 1.56 bits per heavy atom. The number of rotatable bonds is 5. The maximum absolute atomic E-state index is 11.7. The zero-order chi connectivity index (χ0) is 12.8. The van der Waals surface area contributed by atoms with Crippen LogP contribution in [0.3, 0.4) is 0 Å². The molecule has 1 amide bonds. The molecule has 2 rings (SSSR count). The Balaban J connectivity index is 1.62. The van der Waals surface area contributed by atoms with Gasteiger partial charge in [0.15, 0.2) is 0 Å². The Labute approximate surface area is 113 Å². The third kappa shape index (κ3) is 4.38. The van der Waals surface area contributed by atoms with Gasteiger partial charge in [-0.25, -0.2) is 0 Å². The first kappa shape index (κ1) is 13.5. The second-order valence-electron chi connectivity index (χ2n) is 4.72. The van der Waals surface area contributed by atoms with Crippen molar-refractivity contribution in [1.29, 1.82) is 0 Å². The van der Waals surface area contributed by atoms with Crippen LogP contribution in [0.15, 0.2) is 18.5 Å². The van der Waals surface area contributed by atoms with Crippen molar-refractivity contribution in [2.24, 2.45) is 7.05 Å². The van der Waals surface area contributed by atoms with Crippen LogP contribution in [0.2, 0.25) is 0 Å². The standard InChI is InChI=1S/C13H21N3OS/c1-16-7-4-11(9-16)8-15-13(17)10-18-12-2-5-14-6-3-12/h4,7,9,12,14H,2-3,5-6,8,10H2,1H3,(H,15,17). The average Bonchev–Trinajstić information content (AvgIpc) is 2.81. The van der Waals surface area contributed by atoms with Crippen molar-refractivity contribution < 1.29 is 4.79 Å². The molecule has 100 valence electrons. The van der Waals surface area contributed by atoms with Gasteiger partial charge < -0.3 is 15.2 Å². The van der Waals surface area contributed by atoms with Crippen LogP contribution in [0.1, 0.15) is 18.4 Å². The van der Waals surface area contributed by atoms with E-state index >= 15 is 0 Å². The SMILES string of the molecule is Cn1ccc(CNC(=O)CSC2CCNCC2)c1. The van der Waals surface area contributed by atoms with Gasteiger partial charge >= 0.3 is 0 Å². The highest BCUT2D eigenvalue weighted by molar-refractivity contribution is 8.00. The van der Waals surface area contributed by atoms with E-state index in [-0.39, 0.29) is 5.91 Å². The molecule has 1 saturated heterocycles. The second kappa shape index (κ2) is 6.85. The number of hydrogen-bond donors (Lipinski definition) is 2. The summed E-state index contributed by atoms with van der Waals surface area (Å²) in [6.07, 6.45) is 6.37. The van der Waals surface area contributed by atoms with Crippen LogP contribution in [0.5, 0.6) is 0 Å². The van der Waals surface area contributed by atoms with Gasteiger partial charge in [0, 0.05) is 31.2 Å². The lowest BCUT2D eigenvalue weighted by Gasteiger charge is -2.21. The summed E-state index contributed by atoms with van der Waals surface area (Å²) < 4.78 is 1.99. The minimum atomic E-state index is 0.141. The highest BCUT2D eigenvalue weighted by atomic mass is 32.2. The largest absolute Gasteiger partial charge is 0.357 e. The number of carbonyl (C=O) groups is 1. The molecule has 0 aromatic carbocycles. The monoisotopic (exact) mass is 267 g/mol. The van der Waals surface area contributed by atoms with E-state index in [0.717, 1.165) is 18.7 Å². The summed E-state index contributed by atoms with van der Waals surface area (Å²) in [6, 6.07) is 2.03. The molecule has 2 N–H and O–H groups in total. The zero-order valence-electron chi connectivity index (χ0n) is 10.8. The van der Waals surface area contributed by atoms with Gasteiger partial charge in [0.1, 0.15) is 0 Å². The number of piperidine rings is 1. The number of nitrogens with zero attached hydrogens (tertiary/aromatic N) is 1. The molecule has 1 aromatic heterocycles. The molecular weight excluding hydrogens is 246 g/mol. The molecule has 4 nitrogen and oxygen atoms in total. The van der Waals surface area contributed by atoms with Gasteiger partial charge in [-0.1, -0.05) is 0 Å². The number of aryl methyl sites for hydroxylation is 1. The molecule has 18 heavy (non-hydrogen) atoms. The van der Waals surface area contributed by atoms with E-state index in [1.807, 2.05) is 30.1 Å². The van der Waals surface area contributed by atoms with Crippen molar-refractivity contribution in [3.8, 4) is 0 Å². The van der Waals surface area contributed by atoms with Gasteiger partial charge in [0.2, 0.25) is 5.91 Å². The summed E-state index contributed by atoms with van der Waals surface area (Å²) in [4.78, 5) is 11.7. The van der Waals surface area contributed by atoms with Crippen LogP contribution in [-0.2, 0) is 18.4 Å². The number of hydrogen-bond acceptors (Lipinski definition) is 3. The molecule has 0 bridgehead atoms. The lowest BCUT2D eigenvalue weighted by molar-refractivity contribution is -0.118. The van der Waals surface area contributed by atoms with Crippen LogP contribution in [0, 0.1) is 0 Å². The number of nitrogens with one attached hydrogen (secondary N) is 2. The Morgan fingerprint density at radius 3 is 3.00 bits per heavy atom.